The lowest BCUT2D eigenvalue weighted by Gasteiger charge is -2.45. The molecule has 1 saturated carbocycles. The molecule has 1 aliphatic carbocycles. The molecule has 3 nitrogen and oxygen atoms in total. The molecule has 4 rings (SSSR count). The molecule has 140 valence electrons. The Morgan fingerprint density at radius 3 is 1.93 bits per heavy atom. The van der Waals surface area contributed by atoms with Gasteiger partial charge in [0.15, 0.2) is 0 Å². The number of aryl methyl sites for hydroxylation is 2. The van der Waals surface area contributed by atoms with E-state index in [9.17, 15) is 9.59 Å². The summed E-state index contributed by atoms with van der Waals surface area (Å²) in [6, 6.07) is 16.2. The first kappa shape index (κ1) is 18.0. The maximum absolute atomic E-state index is 13.3. The summed E-state index contributed by atoms with van der Waals surface area (Å²) in [5, 5.41) is 0. The highest BCUT2D eigenvalue weighted by atomic mass is 16.2. The zero-order chi connectivity index (χ0) is 19.1. The number of Topliss-reactive ketones (excluding diaryl/α,β-unsaturated/α-hetero) is 1. The smallest absolute Gasteiger partial charge is 0.226 e. The normalized spacial score (nSPS) is 25.5. The van der Waals surface area contributed by atoms with Gasteiger partial charge in [-0.05, 0) is 37.8 Å². The second kappa shape index (κ2) is 6.95. The molecule has 0 aromatic heterocycles. The summed E-state index contributed by atoms with van der Waals surface area (Å²) in [6.45, 7) is 6.09. The third kappa shape index (κ3) is 3.43. The minimum absolute atomic E-state index is 0.131. The lowest BCUT2D eigenvalue weighted by atomic mass is 9.79. The highest BCUT2D eigenvalue weighted by molar-refractivity contribution is 5.88. The summed E-state index contributed by atoms with van der Waals surface area (Å²) in [5.74, 6) is 0.403. The maximum atomic E-state index is 13.3. The Bertz CT molecular complexity index is 849. The van der Waals surface area contributed by atoms with Crippen LogP contribution in [0.15, 0.2) is 48.5 Å². The average molecular weight is 361 g/mol. The molecule has 1 heterocycles. The molecule has 2 aromatic carbocycles. The highest BCUT2D eigenvalue weighted by Crippen LogP contribution is 2.46. The van der Waals surface area contributed by atoms with E-state index in [0.717, 1.165) is 24.0 Å². The third-order valence-corrected chi connectivity index (χ3v) is 6.07. The number of amides is 1. The van der Waals surface area contributed by atoms with Crippen molar-refractivity contribution < 1.29 is 9.59 Å². The standard InChI is InChI=1S/C24H27NO2/c1-15-4-8-18(9-5-15)21-14-22(26)17(3)23(19-10-6-16(2)7-11-19)25(21)24(27)20-12-13-20/h4-11,17,20-21,23H,12-14H2,1-3H3/t17-,21+,23-/m0/s1. The number of hydrogen-bond donors (Lipinski definition) is 0. The van der Waals surface area contributed by atoms with Crippen LogP contribution in [0.2, 0.25) is 0 Å². The summed E-state index contributed by atoms with van der Waals surface area (Å²) in [7, 11) is 0. The number of carbonyl (C=O) groups is 2. The topological polar surface area (TPSA) is 37.4 Å². The van der Waals surface area contributed by atoms with Crippen LogP contribution in [0.1, 0.15) is 60.5 Å². The molecule has 0 bridgehead atoms. The van der Waals surface area contributed by atoms with Crippen LogP contribution in [0.3, 0.4) is 0 Å². The lowest BCUT2D eigenvalue weighted by molar-refractivity contribution is -0.147. The van der Waals surface area contributed by atoms with Gasteiger partial charge in [0.05, 0.1) is 12.1 Å². The number of benzene rings is 2. The fraction of sp³-hybridized carbons (Fsp3) is 0.417. The van der Waals surface area contributed by atoms with Crippen molar-refractivity contribution in [3.8, 4) is 0 Å². The van der Waals surface area contributed by atoms with E-state index in [1.165, 1.54) is 11.1 Å². The van der Waals surface area contributed by atoms with Crippen LogP contribution >= 0.6 is 0 Å². The fourth-order valence-corrected chi connectivity index (χ4v) is 4.20. The molecule has 2 aromatic rings. The maximum Gasteiger partial charge on any atom is 0.226 e. The molecule has 3 atom stereocenters. The van der Waals surface area contributed by atoms with E-state index in [-0.39, 0.29) is 35.6 Å². The Morgan fingerprint density at radius 1 is 0.889 bits per heavy atom. The zero-order valence-electron chi connectivity index (χ0n) is 16.3. The molecule has 27 heavy (non-hydrogen) atoms. The van der Waals surface area contributed by atoms with Crippen LogP contribution in [0, 0.1) is 25.7 Å². The first-order valence-corrected chi connectivity index (χ1v) is 9.93. The number of ketones is 1. The summed E-state index contributed by atoms with van der Waals surface area (Å²) in [4.78, 5) is 28.3. The number of piperidine rings is 1. The Hall–Kier alpha value is -2.42. The second-order valence-electron chi connectivity index (χ2n) is 8.26. The van der Waals surface area contributed by atoms with Crippen LogP contribution < -0.4 is 0 Å². The van der Waals surface area contributed by atoms with Crippen LogP contribution in [0.25, 0.3) is 0 Å². The van der Waals surface area contributed by atoms with E-state index in [0.29, 0.717) is 6.42 Å². The van der Waals surface area contributed by atoms with Gasteiger partial charge in [0.2, 0.25) is 5.91 Å². The molecule has 0 radical (unpaired) electrons. The van der Waals surface area contributed by atoms with Crippen LogP contribution in [0.4, 0.5) is 0 Å². The van der Waals surface area contributed by atoms with Gasteiger partial charge in [0.25, 0.3) is 0 Å². The molecule has 1 saturated heterocycles. The minimum atomic E-state index is -0.189. The Balaban J connectivity index is 1.80. The van der Waals surface area contributed by atoms with Crippen molar-refractivity contribution in [1.29, 1.82) is 0 Å². The zero-order valence-corrected chi connectivity index (χ0v) is 16.3. The van der Waals surface area contributed by atoms with Gasteiger partial charge in [0, 0.05) is 18.3 Å². The molecule has 0 N–H and O–H groups in total. The van der Waals surface area contributed by atoms with Crippen molar-refractivity contribution in [1.82, 2.24) is 4.90 Å². The van der Waals surface area contributed by atoms with Crippen molar-refractivity contribution in [2.45, 2.75) is 52.1 Å². The largest absolute Gasteiger partial charge is 0.327 e. The van der Waals surface area contributed by atoms with Gasteiger partial charge in [-0.1, -0.05) is 66.6 Å². The van der Waals surface area contributed by atoms with Crippen molar-refractivity contribution in [2.75, 3.05) is 0 Å². The monoisotopic (exact) mass is 361 g/mol. The number of nitrogens with zero attached hydrogens (tertiary/aromatic N) is 1. The van der Waals surface area contributed by atoms with Crippen molar-refractivity contribution in [3.63, 3.8) is 0 Å². The van der Waals surface area contributed by atoms with Gasteiger partial charge in [-0.2, -0.15) is 0 Å². The molecular weight excluding hydrogens is 334 g/mol. The Morgan fingerprint density at radius 2 is 1.41 bits per heavy atom. The SMILES string of the molecule is Cc1ccc([C@H]2CC(=O)[C@H](C)[C@@H](c3ccc(C)cc3)N2C(=O)C2CC2)cc1. The molecule has 0 unspecified atom stereocenters. The van der Waals surface area contributed by atoms with E-state index in [4.69, 9.17) is 0 Å². The van der Waals surface area contributed by atoms with Crippen molar-refractivity contribution in [2.24, 2.45) is 11.8 Å². The van der Waals surface area contributed by atoms with E-state index in [1.807, 2.05) is 11.8 Å². The first-order chi connectivity index (χ1) is 13.0. The molecule has 2 aliphatic rings. The van der Waals surface area contributed by atoms with Crippen molar-refractivity contribution in [3.05, 3.63) is 70.8 Å². The molecule has 1 amide bonds. The molecule has 3 heteroatoms. The first-order valence-electron chi connectivity index (χ1n) is 9.93. The quantitative estimate of drug-likeness (QED) is 0.777. The second-order valence-corrected chi connectivity index (χ2v) is 8.26. The van der Waals surface area contributed by atoms with Crippen LogP contribution in [-0.4, -0.2) is 16.6 Å². The Kier molecular flexibility index (Phi) is 4.63. The average Bonchev–Trinajstić information content (AvgIpc) is 3.50. The highest BCUT2D eigenvalue weighted by Gasteiger charge is 2.47. The van der Waals surface area contributed by atoms with E-state index in [2.05, 4.69) is 62.4 Å². The Labute approximate surface area is 161 Å². The number of likely N-dealkylation sites (tertiary alicyclic amines) is 1. The van der Waals surface area contributed by atoms with Crippen LogP contribution in [-0.2, 0) is 9.59 Å². The van der Waals surface area contributed by atoms with Crippen LogP contribution in [0.5, 0.6) is 0 Å². The minimum Gasteiger partial charge on any atom is -0.327 e. The summed E-state index contributed by atoms with van der Waals surface area (Å²) < 4.78 is 0. The number of hydrogen-bond acceptors (Lipinski definition) is 2. The van der Waals surface area contributed by atoms with Gasteiger partial charge in [-0.25, -0.2) is 0 Å². The number of rotatable bonds is 3. The van der Waals surface area contributed by atoms with Gasteiger partial charge in [0.1, 0.15) is 5.78 Å². The molecule has 0 spiro atoms. The number of carbonyl (C=O) groups excluding carboxylic acids is 2. The van der Waals surface area contributed by atoms with Gasteiger partial charge in [-0.15, -0.1) is 0 Å². The lowest BCUT2D eigenvalue weighted by Crippen LogP contribution is -2.48. The summed E-state index contributed by atoms with van der Waals surface area (Å²) >= 11 is 0. The van der Waals surface area contributed by atoms with Gasteiger partial charge >= 0.3 is 0 Å². The molecule has 2 fully saturated rings. The van der Waals surface area contributed by atoms with Gasteiger partial charge in [-0.3, -0.25) is 9.59 Å². The predicted molar refractivity (Wildman–Crippen MR) is 106 cm³/mol. The van der Waals surface area contributed by atoms with E-state index < -0.39 is 0 Å². The fourth-order valence-electron chi connectivity index (χ4n) is 4.20. The van der Waals surface area contributed by atoms with E-state index in [1.54, 1.807) is 0 Å². The third-order valence-electron chi connectivity index (χ3n) is 6.07. The molecular formula is C24H27NO2. The van der Waals surface area contributed by atoms with Crippen molar-refractivity contribution >= 4 is 11.7 Å². The van der Waals surface area contributed by atoms with Gasteiger partial charge < -0.3 is 4.90 Å². The predicted octanol–water partition coefficient (Wildman–Crippen LogP) is 4.93. The summed E-state index contributed by atoms with van der Waals surface area (Å²) in [6.07, 6.45) is 2.35. The van der Waals surface area contributed by atoms with E-state index >= 15 is 0 Å². The molecule has 1 aliphatic heterocycles. The summed E-state index contributed by atoms with van der Waals surface area (Å²) in [5.41, 5.74) is 4.49.